The molecule has 1 aromatic heterocycles. The number of hydrogen-bond acceptors (Lipinski definition) is 7. The number of epoxide rings is 1. The van der Waals surface area contributed by atoms with Crippen molar-refractivity contribution in [2.24, 2.45) is 11.8 Å². The number of aliphatic hydroxyl groups is 1. The monoisotopic (exact) mass is 410 g/mol. The van der Waals surface area contributed by atoms with Crippen LogP contribution in [-0.4, -0.2) is 35.4 Å². The van der Waals surface area contributed by atoms with Gasteiger partial charge in [0.2, 0.25) is 0 Å². The first-order valence-corrected chi connectivity index (χ1v) is 11.0. The summed E-state index contributed by atoms with van der Waals surface area (Å²) in [6.07, 6.45) is 4.41. The van der Waals surface area contributed by atoms with Crippen LogP contribution in [0.5, 0.6) is 0 Å². The molecule has 1 saturated heterocycles. The van der Waals surface area contributed by atoms with Gasteiger partial charge in [0.25, 0.3) is 0 Å². The molecule has 1 aromatic rings. The average molecular weight is 411 g/mol. The molecular weight excluding hydrogens is 380 g/mol. The van der Waals surface area contributed by atoms with Crippen LogP contribution in [0.15, 0.2) is 12.1 Å². The fourth-order valence-electron chi connectivity index (χ4n) is 3.66. The lowest BCUT2D eigenvalue weighted by molar-refractivity contribution is -0.152. The van der Waals surface area contributed by atoms with Crippen molar-refractivity contribution in [3.05, 3.63) is 21.9 Å². The number of esters is 2. The van der Waals surface area contributed by atoms with Crippen molar-refractivity contribution < 1.29 is 28.9 Å². The quantitative estimate of drug-likeness (QED) is 0.495. The Kier molecular flexibility index (Phi) is 7.48. The maximum Gasteiger partial charge on any atom is 0.309 e. The maximum atomic E-state index is 12.3. The zero-order chi connectivity index (χ0) is 20.1. The van der Waals surface area contributed by atoms with Gasteiger partial charge in [-0.2, -0.15) is 0 Å². The molecule has 1 saturated carbocycles. The third-order valence-corrected chi connectivity index (χ3v) is 6.62. The van der Waals surface area contributed by atoms with Gasteiger partial charge in [-0.3, -0.25) is 9.59 Å². The van der Waals surface area contributed by atoms with Crippen LogP contribution >= 0.6 is 11.3 Å². The first-order chi connectivity index (χ1) is 13.5. The molecule has 2 heterocycles. The summed E-state index contributed by atoms with van der Waals surface area (Å²) in [6.45, 7) is 4.46. The predicted molar refractivity (Wildman–Crippen MR) is 105 cm³/mol. The molecule has 0 bridgehead atoms. The van der Waals surface area contributed by atoms with Gasteiger partial charge >= 0.3 is 11.9 Å². The smallest absolute Gasteiger partial charge is 0.309 e. The van der Waals surface area contributed by atoms with Crippen molar-refractivity contribution in [1.82, 2.24) is 0 Å². The second kappa shape index (κ2) is 9.85. The van der Waals surface area contributed by atoms with Crippen LogP contribution in [0.3, 0.4) is 0 Å². The number of rotatable bonds is 9. The highest BCUT2D eigenvalue weighted by Gasteiger charge is 2.37. The Balaban J connectivity index is 1.40. The summed E-state index contributed by atoms with van der Waals surface area (Å²) >= 11 is 1.48. The van der Waals surface area contributed by atoms with Gasteiger partial charge in [-0.25, -0.2) is 0 Å². The van der Waals surface area contributed by atoms with E-state index < -0.39 is 6.10 Å². The highest BCUT2D eigenvalue weighted by atomic mass is 32.1. The standard InChI is InChI=1S/C21H30O6S/c1-3-14(10-19-13(2)27-19)20(23)25-11-17-7-8-18(28-17)12-26-21(24)15-5-4-6-16(22)9-15/h7-8,13-16,19,22H,3-6,9-12H2,1-2H3. The molecule has 2 fully saturated rings. The molecule has 1 aliphatic heterocycles. The molecule has 6 nitrogen and oxygen atoms in total. The molecule has 28 heavy (non-hydrogen) atoms. The fraction of sp³-hybridized carbons (Fsp3) is 0.714. The van der Waals surface area contributed by atoms with E-state index in [0.717, 1.165) is 41.9 Å². The topological polar surface area (TPSA) is 85.4 Å². The van der Waals surface area contributed by atoms with Crippen LogP contribution < -0.4 is 0 Å². The predicted octanol–water partition coefficient (Wildman–Crippen LogP) is 3.59. The fourth-order valence-corrected chi connectivity index (χ4v) is 4.51. The summed E-state index contributed by atoms with van der Waals surface area (Å²) in [5, 5.41) is 9.69. The number of hydrogen-bond donors (Lipinski definition) is 1. The molecule has 3 rings (SSSR count). The summed E-state index contributed by atoms with van der Waals surface area (Å²) in [5.41, 5.74) is 0. The number of ether oxygens (including phenoxy) is 3. The van der Waals surface area contributed by atoms with Gasteiger partial charge in [-0.05, 0) is 51.2 Å². The summed E-state index contributed by atoms with van der Waals surface area (Å²) in [5.74, 6) is -0.737. The first kappa shape index (κ1) is 21.3. The van der Waals surface area contributed by atoms with E-state index in [4.69, 9.17) is 14.2 Å². The third-order valence-electron chi connectivity index (χ3n) is 5.59. The SMILES string of the molecule is CCC(CC1OC1C)C(=O)OCc1ccc(COC(=O)C2CCCC(O)C2)s1. The van der Waals surface area contributed by atoms with Crippen LogP contribution in [0.2, 0.25) is 0 Å². The van der Waals surface area contributed by atoms with E-state index in [1.165, 1.54) is 11.3 Å². The Morgan fingerprint density at radius 3 is 2.54 bits per heavy atom. The Labute approximate surface area is 170 Å². The van der Waals surface area contributed by atoms with E-state index in [9.17, 15) is 14.7 Å². The van der Waals surface area contributed by atoms with Gasteiger partial charge in [0.1, 0.15) is 13.2 Å². The van der Waals surface area contributed by atoms with E-state index in [1.54, 1.807) is 0 Å². The van der Waals surface area contributed by atoms with Gasteiger partial charge in [0.15, 0.2) is 0 Å². The van der Waals surface area contributed by atoms with Crippen molar-refractivity contribution in [1.29, 1.82) is 0 Å². The van der Waals surface area contributed by atoms with E-state index in [0.29, 0.717) is 6.42 Å². The van der Waals surface area contributed by atoms with Gasteiger partial charge in [-0.1, -0.05) is 13.3 Å². The Morgan fingerprint density at radius 1 is 1.25 bits per heavy atom. The van der Waals surface area contributed by atoms with Crippen molar-refractivity contribution >= 4 is 23.3 Å². The molecule has 0 amide bonds. The molecular formula is C21H30O6S. The number of thiophene rings is 1. The van der Waals surface area contributed by atoms with Crippen LogP contribution in [0, 0.1) is 11.8 Å². The van der Waals surface area contributed by atoms with Crippen molar-refractivity contribution in [3.8, 4) is 0 Å². The minimum Gasteiger partial charge on any atom is -0.460 e. The number of aliphatic hydroxyl groups excluding tert-OH is 1. The Bertz CT molecular complexity index is 672. The Hall–Kier alpha value is -1.44. The lowest BCUT2D eigenvalue weighted by Gasteiger charge is -2.24. The molecule has 156 valence electrons. The van der Waals surface area contributed by atoms with Gasteiger partial charge < -0.3 is 19.3 Å². The molecule has 7 heteroatoms. The highest BCUT2D eigenvalue weighted by molar-refractivity contribution is 7.11. The molecule has 2 aliphatic rings. The van der Waals surface area contributed by atoms with Crippen molar-refractivity contribution in [2.45, 2.75) is 83.9 Å². The van der Waals surface area contributed by atoms with Crippen LogP contribution in [-0.2, 0) is 37.0 Å². The molecule has 0 radical (unpaired) electrons. The zero-order valence-electron chi connectivity index (χ0n) is 16.6. The van der Waals surface area contributed by atoms with E-state index in [1.807, 2.05) is 26.0 Å². The van der Waals surface area contributed by atoms with Crippen LogP contribution in [0.25, 0.3) is 0 Å². The number of carbonyl (C=O) groups is 2. The third kappa shape index (κ3) is 6.03. The summed E-state index contributed by atoms with van der Waals surface area (Å²) < 4.78 is 16.3. The highest BCUT2D eigenvalue weighted by Crippen LogP contribution is 2.30. The van der Waals surface area contributed by atoms with Gasteiger partial charge in [0.05, 0.1) is 30.1 Å². The Morgan fingerprint density at radius 2 is 1.93 bits per heavy atom. The van der Waals surface area contributed by atoms with Crippen LogP contribution in [0.4, 0.5) is 0 Å². The normalized spacial score (nSPS) is 27.8. The van der Waals surface area contributed by atoms with Crippen molar-refractivity contribution in [2.75, 3.05) is 0 Å². The maximum absolute atomic E-state index is 12.3. The molecule has 0 aromatic carbocycles. The van der Waals surface area contributed by atoms with Crippen LogP contribution in [0.1, 0.15) is 62.1 Å². The zero-order valence-corrected chi connectivity index (χ0v) is 17.4. The van der Waals surface area contributed by atoms with E-state index in [-0.39, 0.29) is 49.2 Å². The molecule has 1 aliphatic carbocycles. The second-order valence-corrected chi connectivity index (χ2v) is 9.07. The van der Waals surface area contributed by atoms with Gasteiger partial charge in [0, 0.05) is 9.75 Å². The molecule has 1 N–H and O–H groups in total. The average Bonchev–Trinajstić information content (AvgIpc) is 3.19. The molecule has 0 spiro atoms. The molecule has 5 atom stereocenters. The van der Waals surface area contributed by atoms with Crippen molar-refractivity contribution in [3.63, 3.8) is 0 Å². The largest absolute Gasteiger partial charge is 0.460 e. The lowest BCUT2D eigenvalue weighted by Crippen LogP contribution is -2.27. The lowest BCUT2D eigenvalue weighted by atomic mass is 9.87. The van der Waals surface area contributed by atoms with E-state index >= 15 is 0 Å². The summed E-state index contributed by atoms with van der Waals surface area (Å²) in [4.78, 5) is 26.3. The number of carbonyl (C=O) groups excluding carboxylic acids is 2. The second-order valence-electron chi connectivity index (χ2n) is 7.82. The summed E-state index contributed by atoms with van der Waals surface area (Å²) in [7, 11) is 0. The molecule has 5 unspecified atom stereocenters. The minimum absolute atomic E-state index is 0.124. The summed E-state index contributed by atoms with van der Waals surface area (Å²) in [6, 6.07) is 3.80. The van der Waals surface area contributed by atoms with E-state index in [2.05, 4.69) is 0 Å². The minimum atomic E-state index is -0.393. The van der Waals surface area contributed by atoms with Gasteiger partial charge in [-0.15, -0.1) is 11.3 Å². The first-order valence-electron chi connectivity index (χ1n) is 10.2.